The van der Waals surface area contributed by atoms with Crippen molar-refractivity contribution >= 4 is 34.0 Å². The number of rotatable bonds is 8. The van der Waals surface area contributed by atoms with Gasteiger partial charge in [0.1, 0.15) is 0 Å². The van der Waals surface area contributed by atoms with Crippen molar-refractivity contribution in [1.82, 2.24) is 0 Å². The number of ether oxygens (including phenoxy) is 2. The van der Waals surface area contributed by atoms with Crippen LogP contribution in [0.1, 0.15) is 19.4 Å². The SMILES string of the molecule is CCOc1cc(CNc2cccc([N+](=O)[O-])c2)cc(I)c1OCC. The van der Waals surface area contributed by atoms with Crippen molar-refractivity contribution in [3.05, 3.63) is 55.6 Å². The number of hydrogen-bond donors (Lipinski definition) is 1. The molecule has 0 fully saturated rings. The van der Waals surface area contributed by atoms with Crippen molar-refractivity contribution < 1.29 is 14.4 Å². The number of nitrogens with zero attached hydrogens (tertiary/aromatic N) is 1. The Morgan fingerprint density at radius 1 is 1.17 bits per heavy atom. The molecule has 24 heavy (non-hydrogen) atoms. The minimum Gasteiger partial charge on any atom is -0.490 e. The van der Waals surface area contributed by atoms with Crippen LogP contribution >= 0.6 is 22.6 Å². The van der Waals surface area contributed by atoms with Crippen molar-refractivity contribution in [2.75, 3.05) is 18.5 Å². The Bertz CT molecular complexity index is 722. The van der Waals surface area contributed by atoms with Crippen LogP contribution in [0.5, 0.6) is 11.5 Å². The molecule has 6 nitrogen and oxygen atoms in total. The van der Waals surface area contributed by atoms with Gasteiger partial charge in [-0.15, -0.1) is 0 Å². The number of nitro benzene ring substituents is 1. The molecular formula is C17H19IN2O4. The number of non-ortho nitro benzene ring substituents is 1. The van der Waals surface area contributed by atoms with E-state index in [0.29, 0.717) is 31.2 Å². The third-order valence-electron chi connectivity index (χ3n) is 3.21. The third kappa shape index (κ3) is 4.73. The molecule has 0 saturated heterocycles. The molecule has 2 aromatic rings. The normalized spacial score (nSPS) is 10.3. The highest BCUT2D eigenvalue weighted by Crippen LogP contribution is 2.34. The molecule has 2 rings (SSSR count). The third-order valence-corrected chi connectivity index (χ3v) is 4.01. The van der Waals surface area contributed by atoms with E-state index in [2.05, 4.69) is 27.9 Å². The van der Waals surface area contributed by atoms with E-state index in [4.69, 9.17) is 9.47 Å². The van der Waals surface area contributed by atoms with Crippen LogP contribution in [0.3, 0.4) is 0 Å². The second-order valence-electron chi connectivity index (χ2n) is 4.93. The Hall–Kier alpha value is -2.03. The number of nitrogens with one attached hydrogen (secondary N) is 1. The van der Waals surface area contributed by atoms with Crippen LogP contribution in [0.2, 0.25) is 0 Å². The Balaban J connectivity index is 2.17. The lowest BCUT2D eigenvalue weighted by Crippen LogP contribution is -2.04. The maximum atomic E-state index is 10.8. The van der Waals surface area contributed by atoms with Crippen LogP contribution in [0.4, 0.5) is 11.4 Å². The van der Waals surface area contributed by atoms with Crippen LogP contribution in [-0.2, 0) is 6.54 Å². The highest BCUT2D eigenvalue weighted by atomic mass is 127. The van der Waals surface area contributed by atoms with E-state index in [1.54, 1.807) is 12.1 Å². The fourth-order valence-electron chi connectivity index (χ4n) is 2.20. The number of nitro groups is 1. The summed E-state index contributed by atoms with van der Waals surface area (Å²) in [6.07, 6.45) is 0. The van der Waals surface area contributed by atoms with Gasteiger partial charge in [-0.2, -0.15) is 0 Å². The molecule has 2 aromatic carbocycles. The first-order valence-electron chi connectivity index (χ1n) is 7.61. The van der Waals surface area contributed by atoms with E-state index in [0.717, 1.165) is 14.9 Å². The van der Waals surface area contributed by atoms with E-state index in [-0.39, 0.29) is 5.69 Å². The van der Waals surface area contributed by atoms with E-state index >= 15 is 0 Å². The predicted molar refractivity (Wildman–Crippen MR) is 102 cm³/mol. The Kier molecular flexibility index (Phi) is 6.65. The van der Waals surface area contributed by atoms with Crippen LogP contribution < -0.4 is 14.8 Å². The smallest absolute Gasteiger partial charge is 0.271 e. The molecule has 0 atom stereocenters. The number of benzene rings is 2. The van der Waals surface area contributed by atoms with Crippen LogP contribution in [-0.4, -0.2) is 18.1 Å². The van der Waals surface area contributed by atoms with Crippen molar-refractivity contribution in [2.45, 2.75) is 20.4 Å². The number of anilines is 1. The first-order chi connectivity index (χ1) is 11.5. The molecule has 0 radical (unpaired) electrons. The fourth-order valence-corrected chi connectivity index (χ4v) is 3.03. The Labute approximate surface area is 154 Å². The quantitative estimate of drug-likeness (QED) is 0.367. The molecule has 0 unspecified atom stereocenters. The van der Waals surface area contributed by atoms with E-state index in [1.807, 2.05) is 26.0 Å². The molecule has 1 N–H and O–H groups in total. The van der Waals surface area contributed by atoms with Crippen LogP contribution in [0.15, 0.2) is 36.4 Å². The molecule has 7 heteroatoms. The molecule has 0 bridgehead atoms. The maximum Gasteiger partial charge on any atom is 0.271 e. The number of hydrogen-bond acceptors (Lipinski definition) is 5. The van der Waals surface area contributed by atoms with E-state index in [1.165, 1.54) is 12.1 Å². The molecule has 0 amide bonds. The van der Waals surface area contributed by atoms with Gasteiger partial charge in [-0.25, -0.2) is 0 Å². The first-order valence-corrected chi connectivity index (χ1v) is 8.69. The predicted octanol–water partition coefficient (Wildman–Crippen LogP) is 4.61. The molecule has 0 aliphatic heterocycles. The summed E-state index contributed by atoms with van der Waals surface area (Å²) >= 11 is 2.22. The van der Waals surface area contributed by atoms with Crippen molar-refractivity contribution in [1.29, 1.82) is 0 Å². The Morgan fingerprint density at radius 3 is 2.58 bits per heavy atom. The topological polar surface area (TPSA) is 73.6 Å². The van der Waals surface area contributed by atoms with Crippen molar-refractivity contribution in [3.63, 3.8) is 0 Å². The minimum atomic E-state index is -0.405. The summed E-state index contributed by atoms with van der Waals surface area (Å²) in [4.78, 5) is 10.4. The summed E-state index contributed by atoms with van der Waals surface area (Å²) < 4.78 is 12.3. The lowest BCUT2D eigenvalue weighted by molar-refractivity contribution is -0.384. The van der Waals surface area contributed by atoms with Gasteiger partial charge in [-0.05, 0) is 60.2 Å². The average molecular weight is 442 g/mol. The van der Waals surface area contributed by atoms with Crippen LogP contribution in [0, 0.1) is 13.7 Å². The monoisotopic (exact) mass is 442 g/mol. The zero-order chi connectivity index (χ0) is 17.5. The van der Waals surface area contributed by atoms with Gasteiger partial charge in [0.05, 0.1) is 21.7 Å². The van der Waals surface area contributed by atoms with Gasteiger partial charge < -0.3 is 14.8 Å². The fraction of sp³-hybridized carbons (Fsp3) is 0.294. The highest BCUT2D eigenvalue weighted by Gasteiger charge is 2.12. The summed E-state index contributed by atoms with van der Waals surface area (Å²) in [6, 6.07) is 10.4. The standard InChI is InChI=1S/C17H19IN2O4/c1-3-23-16-9-12(8-15(18)17(16)24-4-2)11-19-13-6-5-7-14(10-13)20(21)22/h5-10,19H,3-4,11H2,1-2H3. The molecule has 128 valence electrons. The van der Waals surface area contributed by atoms with Crippen molar-refractivity contribution in [3.8, 4) is 11.5 Å². The van der Waals surface area contributed by atoms with Gasteiger partial charge in [0, 0.05) is 24.4 Å². The summed E-state index contributed by atoms with van der Waals surface area (Å²) in [6.45, 7) is 5.52. The largest absolute Gasteiger partial charge is 0.490 e. The molecule has 0 aliphatic rings. The lowest BCUT2D eigenvalue weighted by Gasteiger charge is -2.15. The van der Waals surface area contributed by atoms with Crippen molar-refractivity contribution in [2.24, 2.45) is 0 Å². The lowest BCUT2D eigenvalue weighted by atomic mass is 10.2. The number of halogens is 1. The molecular weight excluding hydrogens is 423 g/mol. The van der Waals surface area contributed by atoms with Crippen LogP contribution in [0.25, 0.3) is 0 Å². The summed E-state index contributed by atoms with van der Waals surface area (Å²) in [5.41, 5.74) is 1.78. The average Bonchev–Trinajstić information content (AvgIpc) is 2.56. The van der Waals surface area contributed by atoms with Gasteiger partial charge >= 0.3 is 0 Å². The van der Waals surface area contributed by atoms with E-state index < -0.39 is 4.92 Å². The van der Waals surface area contributed by atoms with Gasteiger partial charge in [0.2, 0.25) is 0 Å². The molecule has 0 saturated carbocycles. The zero-order valence-corrected chi connectivity index (χ0v) is 15.7. The Morgan fingerprint density at radius 2 is 1.92 bits per heavy atom. The molecule has 0 heterocycles. The second kappa shape index (κ2) is 8.72. The van der Waals surface area contributed by atoms with Gasteiger partial charge in [-0.1, -0.05) is 6.07 Å². The maximum absolute atomic E-state index is 10.8. The summed E-state index contributed by atoms with van der Waals surface area (Å²) in [7, 11) is 0. The highest BCUT2D eigenvalue weighted by molar-refractivity contribution is 14.1. The molecule has 0 aliphatic carbocycles. The zero-order valence-electron chi connectivity index (χ0n) is 13.5. The van der Waals surface area contributed by atoms with E-state index in [9.17, 15) is 10.1 Å². The van der Waals surface area contributed by atoms with Gasteiger partial charge in [0.25, 0.3) is 5.69 Å². The summed E-state index contributed by atoms with van der Waals surface area (Å²) in [5, 5.41) is 14.0. The van der Waals surface area contributed by atoms with Gasteiger partial charge in [0.15, 0.2) is 11.5 Å². The first kappa shape index (κ1) is 18.3. The minimum absolute atomic E-state index is 0.0660. The second-order valence-corrected chi connectivity index (χ2v) is 6.09. The van der Waals surface area contributed by atoms with Gasteiger partial charge in [-0.3, -0.25) is 10.1 Å². The molecule has 0 spiro atoms. The summed E-state index contributed by atoms with van der Waals surface area (Å²) in [5.74, 6) is 1.46. The molecule has 0 aromatic heterocycles.